The Hall–Kier alpha value is -2.40. The predicted molar refractivity (Wildman–Crippen MR) is 94.9 cm³/mol. The number of fused-ring (bicyclic) bond motifs is 1. The fraction of sp³-hybridized carbons (Fsp3) is 0.316. The molecule has 4 nitrogen and oxygen atoms in total. The van der Waals surface area contributed by atoms with Crippen LogP contribution in [0.3, 0.4) is 0 Å². The molecule has 4 rings (SSSR count). The molecule has 0 spiro atoms. The number of anilines is 1. The Bertz CT molecular complexity index is 832. The third kappa shape index (κ3) is 2.87. The van der Waals surface area contributed by atoms with Crippen LogP contribution < -0.4 is 4.90 Å². The Labute approximate surface area is 141 Å². The highest BCUT2D eigenvalue weighted by Crippen LogP contribution is 2.22. The van der Waals surface area contributed by atoms with Crippen LogP contribution >= 0.6 is 0 Å². The van der Waals surface area contributed by atoms with Crippen molar-refractivity contribution < 1.29 is 4.39 Å². The average molecular weight is 324 g/mol. The van der Waals surface area contributed by atoms with E-state index in [9.17, 15) is 4.39 Å². The van der Waals surface area contributed by atoms with E-state index in [-0.39, 0.29) is 5.82 Å². The van der Waals surface area contributed by atoms with Crippen LogP contribution in [0.2, 0.25) is 0 Å². The van der Waals surface area contributed by atoms with Crippen molar-refractivity contribution >= 4 is 11.3 Å². The van der Waals surface area contributed by atoms with Crippen molar-refractivity contribution in [2.75, 3.05) is 37.6 Å². The molecule has 24 heavy (non-hydrogen) atoms. The number of hydrogen-bond donors (Lipinski definition) is 0. The van der Waals surface area contributed by atoms with Gasteiger partial charge in [0.05, 0.1) is 11.4 Å². The van der Waals surface area contributed by atoms with Crippen molar-refractivity contribution in [3.05, 3.63) is 54.6 Å². The number of rotatable bonds is 3. The van der Waals surface area contributed by atoms with Gasteiger partial charge in [-0.05, 0) is 42.9 Å². The van der Waals surface area contributed by atoms with Crippen molar-refractivity contribution in [2.24, 2.45) is 0 Å². The highest BCUT2D eigenvalue weighted by Gasteiger charge is 2.16. The summed E-state index contributed by atoms with van der Waals surface area (Å²) in [6.45, 7) is 7.66. The van der Waals surface area contributed by atoms with Gasteiger partial charge in [0.1, 0.15) is 11.5 Å². The van der Waals surface area contributed by atoms with Crippen LogP contribution in [0, 0.1) is 5.82 Å². The van der Waals surface area contributed by atoms with E-state index < -0.39 is 0 Å². The van der Waals surface area contributed by atoms with Gasteiger partial charge in [0.2, 0.25) is 0 Å². The minimum atomic E-state index is -0.226. The lowest BCUT2D eigenvalue weighted by atomic mass is 10.2. The third-order valence-corrected chi connectivity index (χ3v) is 4.76. The van der Waals surface area contributed by atoms with Crippen LogP contribution in [0.15, 0.2) is 48.8 Å². The lowest BCUT2D eigenvalue weighted by Gasteiger charge is -2.35. The molecule has 0 N–H and O–H groups in total. The minimum absolute atomic E-state index is 0.226. The van der Waals surface area contributed by atoms with E-state index in [0.717, 1.165) is 49.6 Å². The molecular formula is C19H21FN4. The molecule has 0 radical (unpaired) electrons. The van der Waals surface area contributed by atoms with Gasteiger partial charge in [0.25, 0.3) is 0 Å². The highest BCUT2D eigenvalue weighted by atomic mass is 19.1. The summed E-state index contributed by atoms with van der Waals surface area (Å²) >= 11 is 0. The molecule has 1 aliphatic rings. The fourth-order valence-electron chi connectivity index (χ4n) is 3.25. The lowest BCUT2D eigenvalue weighted by molar-refractivity contribution is 0.271. The number of aromatic nitrogens is 2. The first-order valence-electron chi connectivity index (χ1n) is 8.45. The number of halogens is 1. The van der Waals surface area contributed by atoms with Gasteiger partial charge >= 0.3 is 0 Å². The number of imidazole rings is 1. The van der Waals surface area contributed by atoms with E-state index >= 15 is 0 Å². The monoisotopic (exact) mass is 324 g/mol. The van der Waals surface area contributed by atoms with Gasteiger partial charge in [-0.25, -0.2) is 9.37 Å². The second kappa shape index (κ2) is 6.24. The fourth-order valence-corrected chi connectivity index (χ4v) is 3.25. The van der Waals surface area contributed by atoms with E-state index in [4.69, 9.17) is 0 Å². The molecule has 3 aromatic rings. The molecule has 124 valence electrons. The van der Waals surface area contributed by atoms with Crippen molar-refractivity contribution in [2.45, 2.75) is 6.92 Å². The zero-order chi connectivity index (χ0) is 16.5. The van der Waals surface area contributed by atoms with Crippen molar-refractivity contribution in [3.63, 3.8) is 0 Å². The molecule has 1 aliphatic heterocycles. The molecule has 0 saturated carbocycles. The summed E-state index contributed by atoms with van der Waals surface area (Å²) in [6.07, 6.45) is 4.14. The summed E-state index contributed by atoms with van der Waals surface area (Å²) in [4.78, 5) is 9.53. The first-order chi connectivity index (χ1) is 11.7. The van der Waals surface area contributed by atoms with E-state index in [1.807, 2.05) is 6.20 Å². The van der Waals surface area contributed by atoms with Gasteiger partial charge in [0, 0.05) is 44.1 Å². The van der Waals surface area contributed by atoms with Crippen LogP contribution in [0.5, 0.6) is 0 Å². The Morgan fingerprint density at radius 3 is 2.42 bits per heavy atom. The zero-order valence-electron chi connectivity index (χ0n) is 13.8. The smallest absolute Gasteiger partial charge is 0.137 e. The van der Waals surface area contributed by atoms with E-state index in [1.54, 1.807) is 12.1 Å². The molecule has 0 unspecified atom stereocenters. The van der Waals surface area contributed by atoms with E-state index in [0.29, 0.717) is 0 Å². The summed E-state index contributed by atoms with van der Waals surface area (Å²) in [5.74, 6) is -0.226. The number of likely N-dealkylation sites (N-methyl/N-ethyl adjacent to an activating group) is 1. The first-order valence-corrected chi connectivity index (χ1v) is 8.45. The minimum Gasteiger partial charge on any atom is -0.368 e. The van der Waals surface area contributed by atoms with E-state index in [2.05, 4.69) is 44.4 Å². The molecule has 0 atom stereocenters. The molecule has 1 fully saturated rings. The van der Waals surface area contributed by atoms with Crippen molar-refractivity contribution in [1.29, 1.82) is 0 Å². The van der Waals surface area contributed by atoms with Crippen LogP contribution in [0.4, 0.5) is 10.1 Å². The molecule has 3 heterocycles. The maximum absolute atomic E-state index is 13.1. The lowest BCUT2D eigenvalue weighted by Crippen LogP contribution is -2.46. The Morgan fingerprint density at radius 2 is 1.71 bits per heavy atom. The summed E-state index contributed by atoms with van der Waals surface area (Å²) in [5, 5.41) is 0. The normalized spacial score (nSPS) is 16.0. The largest absolute Gasteiger partial charge is 0.368 e. The predicted octanol–water partition coefficient (Wildman–Crippen LogP) is 3.28. The highest BCUT2D eigenvalue weighted by molar-refractivity contribution is 5.64. The Balaban J connectivity index is 1.60. The Kier molecular flexibility index (Phi) is 3.94. The number of hydrogen-bond acceptors (Lipinski definition) is 3. The second-order valence-electron chi connectivity index (χ2n) is 6.21. The SMILES string of the molecule is CCN1CCN(c2ccc3nc(-c4ccc(F)cc4)cn3c2)CC1. The molecule has 0 amide bonds. The maximum atomic E-state index is 13.1. The van der Waals surface area contributed by atoms with E-state index in [1.165, 1.54) is 17.8 Å². The summed E-state index contributed by atoms with van der Waals surface area (Å²) in [5.41, 5.74) is 3.92. The summed E-state index contributed by atoms with van der Waals surface area (Å²) in [7, 11) is 0. The van der Waals surface area contributed by atoms with Gasteiger partial charge < -0.3 is 14.2 Å². The molecule has 1 aromatic carbocycles. The standard InChI is InChI=1S/C19H21FN4/c1-2-22-9-11-23(12-10-22)17-7-8-19-21-18(14-24(19)13-17)15-3-5-16(20)6-4-15/h3-8,13-14H,2,9-12H2,1H3. The van der Waals surface area contributed by atoms with Crippen molar-refractivity contribution in [1.82, 2.24) is 14.3 Å². The molecule has 5 heteroatoms. The van der Waals surface area contributed by atoms with Crippen molar-refractivity contribution in [3.8, 4) is 11.3 Å². The number of benzene rings is 1. The molecule has 2 aromatic heterocycles. The third-order valence-electron chi connectivity index (χ3n) is 4.76. The van der Waals surface area contributed by atoms with Crippen LogP contribution in [0.25, 0.3) is 16.9 Å². The van der Waals surface area contributed by atoms with Gasteiger partial charge in [-0.3, -0.25) is 0 Å². The second-order valence-corrected chi connectivity index (χ2v) is 6.21. The number of nitrogens with zero attached hydrogens (tertiary/aromatic N) is 4. The van der Waals surface area contributed by atoms with Crippen LogP contribution in [-0.2, 0) is 0 Å². The maximum Gasteiger partial charge on any atom is 0.137 e. The van der Waals surface area contributed by atoms with Gasteiger partial charge in [-0.15, -0.1) is 0 Å². The molecule has 0 aliphatic carbocycles. The van der Waals surface area contributed by atoms with Gasteiger partial charge in [-0.1, -0.05) is 6.92 Å². The zero-order valence-corrected chi connectivity index (χ0v) is 13.8. The number of piperazine rings is 1. The Morgan fingerprint density at radius 1 is 0.958 bits per heavy atom. The van der Waals surface area contributed by atoms with Gasteiger partial charge in [-0.2, -0.15) is 0 Å². The molecule has 1 saturated heterocycles. The topological polar surface area (TPSA) is 23.8 Å². The quantitative estimate of drug-likeness (QED) is 0.739. The summed E-state index contributed by atoms with van der Waals surface area (Å²) < 4.78 is 15.1. The average Bonchev–Trinajstić information content (AvgIpc) is 3.05. The van der Waals surface area contributed by atoms with Crippen LogP contribution in [0.1, 0.15) is 6.92 Å². The van der Waals surface area contributed by atoms with Crippen LogP contribution in [-0.4, -0.2) is 47.0 Å². The van der Waals surface area contributed by atoms with Gasteiger partial charge in [0.15, 0.2) is 0 Å². The molecular weight excluding hydrogens is 303 g/mol. The summed E-state index contributed by atoms with van der Waals surface area (Å²) in [6, 6.07) is 10.7. The molecule has 0 bridgehead atoms. The first kappa shape index (κ1) is 15.1. The number of pyridine rings is 1.